The summed E-state index contributed by atoms with van der Waals surface area (Å²) in [5, 5.41) is 13.8. The topological polar surface area (TPSA) is 61.6 Å². The van der Waals surface area contributed by atoms with E-state index < -0.39 is 0 Å². The SMILES string of the molecule is Cn1nc(CO)c2c1CCN(C(=O)CCN1Cc3ccccc3C1)C2. The lowest BCUT2D eigenvalue weighted by molar-refractivity contribution is -0.132. The number of benzene rings is 1. The van der Waals surface area contributed by atoms with Gasteiger partial charge in [-0.25, -0.2) is 0 Å². The van der Waals surface area contributed by atoms with Crippen LogP contribution >= 0.6 is 0 Å². The largest absolute Gasteiger partial charge is 0.390 e. The molecule has 1 aromatic carbocycles. The third-order valence-electron chi connectivity index (χ3n) is 5.38. The molecule has 2 aliphatic rings. The maximum absolute atomic E-state index is 12.7. The highest BCUT2D eigenvalue weighted by molar-refractivity contribution is 5.76. The van der Waals surface area contributed by atoms with Crippen LogP contribution in [0.1, 0.15) is 34.5 Å². The molecule has 25 heavy (non-hydrogen) atoms. The third-order valence-corrected chi connectivity index (χ3v) is 5.38. The monoisotopic (exact) mass is 340 g/mol. The summed E-state index contributed by atoms with van der Waals surface area (Å²) in [4.78, 5) is 16.9. The first-order valence-corrected chi connectivity index (χ1v) is 8.87. The van der Waals surface area contributed by atoms with Gasteiger partial charge in [0, 0.05) is 63.9 Å². The minimum atomic E-state index is -0.0722. The van der Waals surface area contributed by atoms with Crippen LogP contribution in [-0.2, 0) is 44.5 Å². The molecule has 4 rings (SSSR count). The van der Waals surface area contributed by atoms with Gasteiger partial charge in [0.05, 0.1) is 12.3 Å². The van der Waals surface area contributed by atoms with Crippen LogP contribution in [0, 0.1) is 0 Å². The van der Waals surface area contributed by atoms with Crippen LogP contribution in [0.15, 0.2) is 24.3 Å². The summed E-state index contributed by atoms with van der Waals surface area (Å²) in [6, 6.07) is 8.49. The number of hydrogen-bond acceptors (Lipinski definition) is 4. The van der Waals surface area contributed by atoms with Crippen molar-refractivity contribution in [3.05, 3.63) is 52.3 Å². The maximum Gasteiger partial charge on any atom is 0.224 e. The lowest BCUT2D eigenvalue weighted by Gasteiger charge is -2.28. The van der Waals surface area contributed by atoms with Crippen molar-refractivity contribution in [1.82, 2.24) is 19.6 Å². The Balaban J connectivity index is 1.35. The van der Waals surface area contributed by atoms with Crippen LogP contribution < -0.4 is 0 Å². The van der Waals surface area contributed by atoms with Crippen LogP contribution in [0.3, 0.4) is 0 Å². The van der Waals surface area contributed by atoms with Gasteiger partial charge in [-0.1, -0.05) is 24.3 Å². The molecule has 2 aromatic rings. The predicted molar refractivity (Wildman–Crippen MR) is 93.4 cm³/mol. The summed E-state index contributed by atoms with van der Waals surface area (Å²) in [5.41, 5.74) is 5.62. The number of aryl methyl sites for hydroxylation is 1. The normalized spacial score (nSPS) is 16.8. The maximum atomic E-state index is 12.7. The highest BCUT2D eigenvalue weighted by atomic mass is 16.3. The summed E-state index contributed by atoms with van der Waals surface area (Å²) in [7, 11) is 1.90. The number of fused-ring (bicyclic) bond motifs is 2. The Morgan fingerprint density at radius 2 is 1.92 bits per heavy atom. The number of rotatable bonds is 4. The number of aliphatic hydroxyl groups excluding tert-OH is 1. The highest BCUT2D eigenvalue weighted by Crippen LogP contribution is 2.24. The van der Waals surface area contributed by atoms with Crippen molar-refractivity contribution in [3.8, 4) is 0 Å². The first kappa shape index (κ1) is 16.3. The third kappa shape index (κ3) is 3.07. The summed E-state index contributed by atoms with van der Waals surface area (Å²) < 4.78 is 1.84. The fourth-order valence-corrected chi connectivity index (χ4v) is 3.98. The molecule has 0 aliphatic carbocycles. The van der Waals surface area contributed by atoms with Crippen molar-refractivity contribution in [2.24, 2.45) is 7.05 Å². The number of aromatic nitrogens is 2. The molecule has 1 N–H and O–H groups in total. The molecule has 0 fully saturated rings. The number of aliphatic hydroxyl groups is 1. The van der Waals surface area contributed by atoms with E-state index in [1.54, 1.807) is 0 Å². The van der Waals surface area contributed by atoms with E-state index in [1.165, 1.54) is 11.1 Å². The Morgan fingerprint density at radius 1 is 1.20 bits per heavy atom. The number of nitrogens with zero attached hydrogens (tertiary/aromatic N) is 4. The van der Waals surface area contributed by atoms with E-state index in [0.717, 1.165) is 43.9 Å². The van der Waals surface area contributed by atoms with E-state index in [9.17, 15) is 9.90 Å². The molecular weight excluding hydrogens is 316 g/mol. The Kier molecular flexibility index (Phi) is 4.31. The van der Waals surface area contributed by atoms with Crippen molar-refractivity contribution in [3.63, 3.8) is 0 Å². The van der Waals surface area contributed by atoms with Crippen LogP contribution in [-0.4, -0.2) is 43.7 Å². The second-order valence-corrected chi connectivity index (χ2v) is 6.95. The van der Waals surface area contributed by atoms with Crippen molar-refractivity contribution < 1.29 is 9.90 Å². The molecule has 0 spiro atoms. The zero-order valence-electron chi connectivity index (χ0n) is 14.6. The van der Waals surface area contributed by atoms with Gasteiger partial charge in [-0.2, -0.15) is 5.10 Å². The van der Waals surface area contributed by atoms with Crippen LogP contribution in [0.5, 0.6) is 0 Å². The minimum absolute atomic E-state index is 0.0722. The van der Waals surface area contributed by atoms with Gasteiger partial charge < -0.3 is 10.0 Å². The minimum Gasteiger partial charge on any atom is -0.390 e. The number of carbonyl (C=O) groups excluding carboxylic acids is 1. The summed E-state index contributed by atoms with van der Waals surface area (Å²) in [6.07, 6.45) is 1.35. The average Bonchev–Trinajstić information content (AvgIpc) is 3.19. The van der Waals surface area contributed by atoms with Gasteiger partial charge in [-0.15, -0.1) is 0 Å². The van der Waals surface area contributed by atoms with Gasteiger partial charge >= 0.3 is 0 Å². The molecule has 1 aromatic heterocycles. The van der Waals surface area contributed by atoms with E-state index >= 15 is 0 Å². The molecule has 0 radical (unpaired) electrons. The van der Waals surface area contributed by atoms with E-state index in [0.29, 0.717) is 18.7 Å². The van der Waals surface area contributed by atoms with Crippen molar-refractivity contribution in [1.29, 1.82) is 0 Å². The predicted octanol–water partition coefficient (Wildman–Crippen LogP) is 1.20. The molecule has 132 valence electrons. The molecule has 0 unspecified atom stereocenters. The number of hydrogen-bond donors (Lipinski definition) is 1. The Hall–Kier alpha value is -2.18. The zero-order valence-corrected chi connectivity index (χ0v) is 14.6. The Labute approximate surface area is 147 Å². The van der Waals surface area contributed by atoms with E-state index in [1.807, 2.05) is 16.6 Å². The second-order valence-electron chi connectivity index (χ2n) is 6.95. The van der Waals surface area contributed by atoms with Gasteiger partial charge in [-0.05, 0) is 11.1 Å². The van der Waals surface area contributed by atoms with E-state index in [-0.39, 0.29) is 12.5 Å². The smallest absolute Gasteiger partial charge is 0.224 e. The molecule has 3 heterocycles. The average molecular weight is 340 g/mol. The van der Waals surface area contributed by atoms with Crippen LogP contribution in [0.2, 0.25) is 0 Å². The number of amides is 1. The second kappa shape index (κ2) is 6.61. The lowest BCUT2D eigenvalue weighted by Crippen LogP contribution is -2.38. The van der Waals surface area contributed by atoms with E-state index in [4.69, 9.17) is 0 Å². The molecule has 2 aliphatic heterocycles. The summed E-state index contributed by atoms with van der Waals surface area (Å²) >= 11 is 0. The van der Waals surface area contributed by atoms with Gasteiger partial charge in [0.25, 0.3) is 0 Å². The van der Waals surface area contributed by atoms with Crippen molar-refractivity contribution in [2.45, 2.75) is 39.1 Å². The van der Waals surface area contributed by atoms with Crippen molar-refractivity contribution in [2.75, 3.05) is 13.1 Å². The van der Waals surface area contributed by atoms with Crippen LogP contribution in [0.25, 0.3) is 0 Å². The fraction of sp³-hybridized carbons (Fsp3) is 0.474. The Morgan fingerprint density at radius 3 is 2.60 bits per heavy atom. The van der Waals surface area contributed by atoms with Gasteiger partial charge in [0.1, 0.15) is 0 Å². The molecular formula is C19H24N4O2. The van der Waals surface area contributed by atoms with E-state index in [2.05, 4.69) is 34.3 Å². The molecule has 6 heteroatoms. The molecule has 1 amide bonds. The quantitative estimate of drug-likeness (QED) is 0.909. The molecule has 0 saturated heterocycles. The zero-order chi connectivity index (χ0) is 17.4. The first-order chi connectivity index (χ1) is 12.2. The Bertz CT molecular complexity index is 774. The molecule has 6 nitrogen and oxygen atoms in total. The highest BCUT2D eigenvalue weighted by Gasteiger charge is 2.27. The van der Waals surface area contributed by atoms with Crippen molar-refractivity contribution >= 4 is 5.91 Å². The van der Waals surface area contributed by atoms with Gasteiger partial charge in [0.15, 0.2) is 0 Å². The summed E-state index contributed by atoms with van der Waals surface area (Å²) in [5.74, 6) is 0.189. The fourth-order valence-electron chi connectivity index (χ4n) is 3.98. The molecule has 0 bridgehead atoms. The lowest BCUT2D eigenvalue weighted by atomic mass is 10.0. The van der Waals surface area contributed by atoms with Gasteiger partial charge in [-0.3, -0.25) is 14.4 Å². The van der Waals surface area contributed by atoms with Crippen LogP contribution in [0.4, 0.5) is 0 Å². The van der Waals surface area contributed by atoms with Gasteiger partial charge in [0.2, 0.25) is 5.91 Å². The molecule has 0 saturated carbocycles. The summed E-state index contributed by atoms with van der Waals surface area (Å²) in [6.45, 7) is 3.89. The number of carbonyl (C=O) groups is 1. The molecule has 0 atom stereocenters. The standard InChI is InChI=1S/C19H24N4O2/c1-21-18-6-9-23(12-16(18)17(13-24)20-21)19(25)7-8-22-10-14-4-2-3-5-15(14)11-22/h2-5,24H,6-13H2,1H3. The first-order valence-electron chi connectivity index (χ1n) is 8.87.